The molecule has 1 aromatic carbocycles. The second kappa shape index (κ2) is 7.19. The number of nitrogens with one attached hydrogen (secondary N) is 1. The highest BCUT2D eigenvalue weighted by Crippen LogP contribution is 2.17. The van der Waals surface area contributed by atoms with Crippen molar-refractivity contribution in [2.75, 3.05) is 6.54 Å². The highest BCUT2D eigenvalue weighted by molar-refractivity contribution is 6.30. The van der Waals surface area contributed by atoms with Crippen molar-refractivity contribution in [1.29, 1.82) is 0 Å². The second-order valence-corrected chi connectivity index (χ2v) is 4.51. The van der Waals surface area contributed by atoms with E-state index in [1.54, 1.807) is 6.08 Å². The largest absolute Gasteiger partial charge is 0.478 e. The quantitative estimate of drug-likeness (QED) is 0.777. The lowest BCUT2D eigenvalue weighted by Gasteiger charge is -2.13. The van der Waals surface area contributed by atoms with Gasteiger partial charge in [0.25, 0.3) is 0 Å². The smallest absolute Gasteiger partial charge is 0.331 e. The van der Waals surface area contributed by atoms with Gasteiger partial charge in [0.1, 0.15) is 0 Å². The van der Waals surface area contributed by atoms with Crippen molar-refractivity contribution in [3.8, 4) is 0 Å². The van der Waals surface area contributed by atoms with Gasteiger partial charge in [-0.3, -0.25) is 0 Å². The van der Waals surface area contributed by atoms with Gasteiger partial charge in [-0.05, 0) is 31.0 Å². The van der Waals surface area contributed by atoms with E-state index in [1.165, 1.54) is 0 Å². The summed E-state index contributed by atoms with van der Waals surface area (Å²) >= 11 is 5.92. The first-order chi connectivity index (χ1) is 8.54. The van der Waals surface area contributed by atoms with Crippen molar-refractivity contribution in [3.05, 3.63) is 46.5 Å². The molecule has 3 nitrogen and oxygen atoms in total. The molecule has 0 unspecified atom stereocenters. The Morgan fingerprint density at radius 3 is 2.83 bits per heavy atom. The van der Waals surface area contributed by atoms with Gasteiger partial charge in [-0.25, -0.2) is 4.79 Å². The van der Waals surface area contributed by atoms with Gasteiger partial charge in [-0.2, -0.15) is 0 Å². The molecular weight excluding hydrogens is 250 g/mol. The van der Waals surface area contributed by atoms with Crippen LogP contribution in [0.15, 0.2) is 35.9 Å². The zero-order valence-corrected chi connectivity index (χ0v) is 11.4. The molecule has 0 aromatic heterocycles. The molecule has 0 saturated heterocycles. The molecule has 0 fully saturated rings. The Labute approximate surface area is 112 Å². The van der Waals surface area contributed by atoms with Crippen LogP contribution in [0.2, 0.25) is 5.02 Å². The number of hydrogen-bond acceptors (Lipinski definition) is 2. The number of carboxylic acids is 1. The number of carboxylic acid groups (broad SMARTS) is 1. The van der Waals surface area contributed by atoms with Gasteiger partial charge in [0.15, 0.2) is 0 Å². The maximum atomic E-state index is 10.8. The number of benzene rings is 1. The van der Waals surface area contributed by atoms with E-state index >= 15 is 0 Å². The van der Waals surface area contributed by atoms with Crippen LogP contribution >= 0.6 is 11.6 Å². The Kier molecular flexibility index (Phi) is 5.89. The summed E-state index contributed by atoms with van der Waals surface area (Å²) in [6.07, 6.45) is 2.24. The van der Waals surface area contributed by atoms with Crippen LogP contribution in [0, 0.1) is 0 Å². The van der Waals surface area contributed by atoms with Crippen LogP contribution in [0.4, 0.5) is 0 Å². The number of halogens is 1. The standard InChI is InChI=1S/C14H18ClNO2/c1-3-11(14(17)18)7-8-16-10(2)12-5-4-6-13(15)9-12/h4-7,9-10,16H,3,8H2,1-2H3,(H,17,18)/b11-7-/t10-/m1/s1. The molecule has 0 spiro atoms. The van der Waals surface area contributed by atoms with E-state index in [2.05, 4.69) is 5.32 Å². The first-order valence-corrected chi connectivity index (χ1v) is 6.33. The fourth-order valence-corrected chi connectivity index (χ4v) is 1.83. The van der Waals surface area contributed by atoms with Crippen LogP contribution in [0.25, 0.3) is 0 Å². The third-order valence-corrected chi connectivity index (χ3v) is 3.01. The van der Waals surface area contributed by atoms with E-state index in [-0.39, 0.29) is 6.04 Å². The van der Waals surface area contributed by atoms with Gasteiger partial charge >= 0.3 is 5.97 Å². The molecule has 0 aliphatic heterocycles. The lowest BCUT2D eigenvalue weighted by Crippen LogP contribution is -2.19. The van der Waals surface area contributed by atoms with Crippen LogP contribution in [-0.2, 0) is 4.79 Å². The van der Waals surface area contributed by atoms with Gasteiger partial charge in [0.2, 0.25) is 0 Å². The molecule has 0 aliphatic carbocycles. The normalized spacial score (nSPS) is 13.4. The lowest BCUT2D eigenvalue weighted by atomic mass is 10.1. The predicted molar refractivity (Wildman–Crippen MR) is 73.9 cm³/mol. The Morgan fingerprint density at radius 2 is 2.28 bits per heavy atom. The minimum atomic E-state index is -0.852. The van der Waals surface area contributed by atoms with Crippen LogP contribution in [0.3, 0.4) is 0 Å². The number of rotatable bonds is 6. The van der Waals surface area contributed by atoms with Crippen LogP contribution in [0.1, 0.15) is 31.9 Å². The summed E-state index contributed by atoms with van der Waals surface area (Å²) in [5, 5.41) is 12.8. The maximum absolute atomic E-state index is 10.8. The van der Waals surface area contributed by atoms with E-state index in [4.69, 9.17) is 16.7 Å². The fraction of sp³-hybridized carbons (Fsp3) is 0.357. The number of carbonyl (C=O) groups is 1. The average Bonchev–Trinajstić information content (AvgIpc) is 2.34. The summed E-state index contributed by atoms with van der Waals surface area (Å²) in [5.74, 6) is -0.852. The highest BCUT2D eigenvalue weighted by atomic mass is 35.5. The summed E-state index contributed by atoms with van der Waals surface area (Å²) in [4.78, 5) is 10.8. The molecule has 0 aliphatic rings. The Bertz CT molecular complexity index is 443. The zero-order chi connectivity index (χ0) is 13.5. The van der Waals surface area contributed by atoms with Crippen molar-refractivity contribution in [2.24, 2.45) is 0 Å². The predicted octanol–water partition coefficient (Wildman–Crippen LogP) is 3.41. The zero-order valence-electron chi connectivity index (χ0n) is 10.6. The van der Waals surface area contributed by atoms with Crippen LogP contribution in [0.5, 0.6) is 0 Å². The van der Waals surface area contributed by atoms with Crippen molar-refractivity contribution in [3.63, 3.8) is 0 Å². The highest BCUT2D eigenvalue weighted by Gasteiger charge is 2.06. The summed E-state index contributed by atoms with van der Waals surface area (Å²) < 4.78 is 0. The molecule has 2 N–H and O–H groups in total. The van der Waals surface area contributed by atoms with Crippen molar-refractivity contribution < 1.29 is 9.90 Å². The molecule has 1 rings (SSSR count). The minimum absolute atomic E-state index is 0.131. The monoisotopic (exact) mass is 267 g/mol. The molecule has 0 radical (unpaired) electrons. The minimum Gasteiger partial charge on any atom is -0.478 e. The van der Waals surface area contributed by atoms with E-state index in [1.807, 2.05) is 38.1 Å². The summed E-state index contributed by atoms with van der Waals surface area (Å²) in [6.45, 7) is 4.38. The summed E-state index contributed by atoms with van der Waals surface area (Å²) in [7, 11) is 0. The Balaban J connectivity index is 2.56. The SMILES string of the molecule is CC/C(=C/CN[C@H](C)c1cccc(Cl)c1)C(=O)O. The maximum Gasteiger partial charge on any atom is 0.331 e. The van der Waals surface area contributed by atoms with E-state index in [9.17, 15) is 4.79 Å². The molecule has 1 atom stereocenters. The van der Waals surface area contributed by atoms with Crippen LogP contribution in [-0.4, -0.2) is 17.6 Å². The second-order valence-electron chi connectivity index (χ2n) is 4.07. The fourth-order valence-electron chi connectivity index (χ4n) is 1.64. The molecule has 4 heteroatoms. The topological polar surface area (TPSA) is 49.3 Å². The first kappa shape index (κ1) is 14.7. The van der Waals surface area contributed by atoms with Gasteiger partial charge in [0, 0.05) is 23.2 Å². The third-order valence-electron chi connectivity index (χ3n) is 2.78. The van der Waals surface area contributed by atoms with Gasteiger partial charge in [-0.1, -0.05) is 36.7 Å². The Morgan fingerprint density at radius 1 is 1.56 bits per heavy atom. The molecule has 0 heterocycles. The lowest BCUT2D eigenvalue weighted by molar-refractivity contribution is -0.132. The summed E-state index contributed by atoms with van der Waals surface area (Å²) in [6, 6.07) is 7.76. The first-order valence-electron chi connectivity index (χ1n) is 5.95. The van der Waals surface area contributed by atoms with Crippen LogP contribution < -0.4 is 5.32 Å². The van der Waals surface area contributed by atoms with E-state index < -0.39 is 5.97 Å². The molecule has 18 heavy (non-hydrogen) atoms. The molecule has 0 saturated carbocycles. The summed E-state index contributed by atoms with van der Waals surface area (Å²) in [5.41, 5.74) is 1.52. The molecule has 0 bridgehead atoms. The third kappa shape index (κ3) is 4.51. The number of hydrogen-bond donors (Lipinski definition) is 2. The van der Waals surface area contributed by atoms with E-state index in [0.717, 1.165) is 5.56 Å². The molecule has 1 aromatic rings. The van der Waals surface area contributed by atoms with E-state index in [0.29, 0.717) is 23.6 Å². The van der Waals surface area contributed by atoms with Gasteiger partial charge in [0.05, 0.1) is 0 Å². The van der Waals surface area contributed by atoms with Gasteiger partial charge < -0.3 is 10.4 Å². The van der Waals surface area contributed by atoms with Crippen molar-refractivity contribution >= 4 is 17.6 Å². The van der Waals surface area contributed by atoms with Crippen molar-refractivity contribution in [1.82, 2.24) is 5.32 Å². The molecule has 0 amide bonds. The molecule has 98 valence electrons. The average molecular weight is 268 g/mol. The Hall–Kier alpha value is -1.32. The van der Waals surface area contributed by atoms with Crippen molar-refractivity contribution in [2.45, 2.75) is 26.3 Å². The number of aliphatic carboxylic acids is 1. The molecular formula is C14H18ClNO2. The van der Waals surface area contributed by atoms with Gasteiger partial charge in [-0.15, -0.1) is 0 Å².